The van der Waals surface area contributed by atoms with Crippen LogP contribution in [0.25, 0.3) is 0 Å². The highest BCUT2D eigenvalue weighted by atomic mass is 16.5. The van der Waals surface area contributed by atoms with E-state index >= 15 is 0 Å². The maximum atomic E-state index is 9.56. The van der Waals surface area contributed by atoms with Crippen molar-refractivity contribution in [2.24, 2.45) is 0 Å². The zero-order valence-electron chi connectivity index (χ0n) is 10.8. The Hall–Kier alpha value is -0.120. The van der Waals surface area contributed by atoms with Gasteiger partial charge in [-0.15, -0.1) is 0 Å². The summed E-state index contributed by atoms with van der Waals surface area (Å²) in [7, 11) is 1.70. The normalized spacial score (nSPS) is 16.4. The molecule has 0 unspecified atom stereocenters. The molecule has 0 aromatic carbocycles. The average molecular weight is 218 g/mol. The van der Waals surface area contributed by atoms with Gasteiger partial charge < -0.3 is 14.6 Å². The van der Waals surface area contributed by atoms with Gasteiger partial charge in [-0.05, 0) is 40.0 Å². The molecule has 0 aliphatic heterocycles. The summed E-state index contributed by atoms with van der Waals surface area (Å²) in [5.74, 6) is 0. The van der Waals surface area contributed by atoms with Gasteiger partial charge in [-0.2, -0.15) is 0 Å². The van der Waals surface area contributed by atoms with Gasteiger partial charge in [0.2, 0.25) is 0 Å². The van der Waals surface area contributed by atoms with Gasteiger partial charge in [-0.1, -0.05) is 6.92 Å². The Balaban J connectivity index is 3.87. The third-order valence-corrected chi connectivity index (χ3v) is 2.75. The maximum Gasteiger partial charge on any atom is 0.0673 e. The summed E-state index contributed by atoms with van der Waals surface area (Å²) in [4.78, 5) is 0. The molecule has 1 N–H and O–H groups in total. The highest BCUT2D eigenvalue weighted by Gasteiger charge is 2.23. The van der Waals surface area contributed by atoms with E-state index in [2.05, 4.69) is 13.8 Å². The van der Waals surface area contributed by atoms with Crippen LogP contribution in [0.5, 0.6) is 0 Å². The fraction of sp³-hybridized carbons (Fsp3) is 1.00. The number of hydrogen-bond donors (Lipinski definition) is 1. The minimum atomic E-state index is -0.643. The molecular formula is C12H26O3. The van der Waals surface area contributed by atoms with E-state index in [1.807, 2.05) is 0 Å². The molecule has 0 aromatic rings. The van der Waals surface area contributed by atoms with Crippen molar-refractivity contribution < 1.29 is 14.6 Å². The third kappa shape index (κ3) is 7.77. The first kappa shape index (κ1) is 14.9. The quantitative estimate of drug-likeness (QED) is 0.680. The first-order valence-corrected chi connectivity index (χ1v) is 5.68. The number of aliphatic hydroxyl groups is 1. The van der Waals surface area contributed by atoms with E-state index in [1.54, 1.807) is 21.0 Å². The molecule has 0 amide bonds. The zero-order valence-corrected chi connectivity index (χ0v) is 10.8. The Morgan fingerprint density at radius 2 is 1.67 bits per heavy atom. The molecular weight excluding hydrogens is 192 g/mol. The average Bonchev–Trinajstić information content (AvgIpc) is 2.13. The monoisotopic (exact) mass is 218 g/mol. The molecule has 0 saturated heterocycles. The Bertz CT molecular complexity index is 163. The number of ether oxygens (including phenoxy) is 2. The summed E-state index contributed by atoms with van der Waals surface area (Å²) in [5.41, 5.74) is -0.767. The van der Waals surface area contributed by atoms with Crippen molar-refractivity contribution in [3.8, 4) is 0 Å². The molecule has 3 nitrogen and oxygen atoms in total. The standard InChI is InChI=1S/C12H26O3/c1-6-12(4,8-9-14-5)15-10-7-11(2,3)13/h13H,6-10H2,1-5H3/t12-/m0/s1. The lowest BCUT2D eigenvalue weighted by atomic mass is 9.99. The van der Waals surface area contributed by atoms with E-state index in [0.717, 1.165) is 12.8 Å². The lowest BCUT2D eigenvalue weighted by molar-refractivity contribution is -0.0712. The second-order valence-corrected chi connectivity index (χ2v) is 4.96. The van der Waals surface area contributed by atoms with Gasteiger partial charge in [0, 0.05) is 13.7 Å². The molecule has 3 heteroatoms. The topological polar surface area (TPSA) is 38.7 Å². The first-order chi connectivity index (χ1) is 6.83. The van der Waals surface area contributed by atoms with Crippen LogP contribution in [0.15, 0.2) is 0 Å². The van der Waals surface area contributed by atoms with Crippen molar-refractivity contribution >= 4 is 0 Å². The van der Waals surface area contributed by atoms with Gasteiger partial charge in [0.15, 0.2) is 0 Å². The largest absolute Gasteiger partial charge is 0.390 e. The predicted molar refractivity (Wildman–Crippen MR) is 62.1 cm³/mol. The van der Waals surface area contributed by atoms with E-state index < -0.39 is 5.60 Å². The molecule has 0 spiro atoms. The fourth-order valence-electron chi connectivity index (χ4n) is 1.22. The second kappa shape index (κ2) is 6.46. The Morgan fingerprint density at radius 1 is 1.07 bits per heavy atom. The third-order valence-electron chi connectivity index (χ3n) is 2.75. The molecule has 1 atom stereocenters. The van der Waals surface area contributed by atoms with Crippen LogP contribution in [-0.2, 0) is 9.47 Å². The maximum absolute atomic E-state index is 9.56. The van der Waals surface area contributed by atoms with Gasteiger partial charge in [-0.3, -0.25) is 0 Å². The molecule has 92 valence electrons. The summed E-state index contributed by atoms with van der Waals surface area (Å²) >= 11 is 0. The van der Waals surface area contributed by atoms with Gasteiger partial charge in [-0.25, -0.2) is 0 Å². The van der Waals surface area contributed by atoms with Gasteiger partial charge in [0.25, 0.3) is 0 Å². The smallest absolute Gasteiger partial charge is 0.0673 e. The fourth-order valence-corrected chi connectivity index (χ4v) is 1.22. The highest BCUT2D eigenvalue weighted by molar-refractivity contribution is 4.74. The van der Waals surface area contributed by atoms with Crippen molar-refractivity contribution in [1.82, 2.24) is 0 Å². The summed E-state index contributed by atoms with van der Waals surface area (Å²) in [5, 5.41) is 9.56. The van der Waals surface area contributed by atoms with Gasteiger partial charge in [0.1, 0.15) is 0 Å². The number of hydrogen-bond acceptors (Lipinski definition) is 3. The summed E-state index contributed by atoms with van der Waals surface area (Å²) in [6.07, 6.45) is 2.52. The molecule has 0 saturated carbocycles. The first-order valence-electron chi connectivity index (χ1n) is 5.68. The van der Waals surface area contributed by atoms with Crippen molar-refractivity contribution in [2.75, 3.05) is 20.3 Å². The Kier molecular flexibility index (Phi) is 6.41. The Labute approximate surface area is 93.8 Å². The van der Waals surface area contributed by atoms with E-state index in [-0.39, 0.29) is 5.60 Å². The van der Waals surface area contributed by atoms with Crippen LogP contribution >= 0.6 is 0 Å². The SMILES string of the molecule is CC[C@@](C)(CCOC)OCCC(C)(C)O. The van der Waals surface area contributed by atoms with Crippen molar-refractivity contribution in [1.29, 1.82) is 0 Å². The van der Waals surface area contributed by atoms with Crippen LogP contribution < -0.4 is 0 Å². The molecule has 15 heavy (non-hydrogen) atoms. The lowest BCUT2D eigenvalue weighted by Crippen LogP contribution is -2.32. The van der Waals surface area contributed by atoms with Crippen LogP contribution in [0, 0.1) is 0 Å². The predicted octanol–water partition coefficient (Wildman–Crippen LogP) is 2.37. The van der Waals surface area contributed by atoms with E-state index in [4.69, 9.17) is 9.47 Å². The van der Waals surface area contributed by atoms with Crippen molar-refractivity contribution in [2.45, 2.75) is 58.2 Å². The van der Waals surface area contributed by atoms with Crippen LogP contribution in [-0.4, -0.2) is 36.6 Å². The van der Waals surface area contributed by atoms with Crippen LogP contribution in [0.1, 0.15) is 47.0 Å². The molecule has 0 fully saturated rings. The highest BCUT2D eigenvalue weighted by Crippen LogP contribution is 2.21. The van der Waals surface area contributed by atoms with Gasteiger partial charge >= 0.3 is 0 Å². The molecule has 0 radical (unpaired) electrons. The van der Waals surface area contributed by atoms with Crippen molar-refractivity contribution in [3.63, 3.8) is 0 Å². The minimum absolute atomic E-state index is 0.124. The van der Waals surface area contributed by atoms with Gasteiger partial charge in [0.05, 0.1) is 17.8 Å². The van der Waals surface area contributed by atoms with Crippen molar-refractivity contribution in [3.05, 3.63) is 0 Å². The number of rotatable bonds is 8. The van der Waals surface area contributed by atoms with Crippen LogP contribution in [0.4, 0.5) is 0 Å². The summed E-state index contributed by atoms with van der Waals surface area (Å²) in [6, 6.07) is 0. The summed E-state index contributed by atoms with van der Waals surface area (Å²) < 4.78 is 10.9. The molecule has 0 heterocycles. The van der Waals surface area contributed by atoms with E-state index in [1.165, 1.54) is 0 Å². The van der Waals surface area contributed by atoms with E-state index in [0.29, 0.717) is 19.6 Å². The molecule has 0 aliphatic rings. The molecule has 0 rings (SSSR count). The Morgan fingerprint density at radius 3 is 2.07 bits per heavy atom. The van der Waals surface area contributed by atoms with Crippen LogP contribution in [0.2, 0.25) is 0 Å². The number of methoxy groups -OCH3 is 1. The van der Waals surface area contributed by atoms with E-state index in [9.17, 15) is 5.11 Å². The minimum Gasteiger partial charge on any atom is -0.390 e. The molecule has 0 aromatic heterocycles. The lowest BCUT2D eigenvalue weighted by Gasteiger charge is -2.30. The zero-order chi connectivity index (χ0) is 11.9. The molecule has 0 bridgehead atoms. The van der Waals surface area contributed by atoms with Crippen LogP contribution in [0.3, 0.4) is 0 Å². The summed E-state index contributed by atoms with van der Waals surface area (Å²) in [6.45, 7) is 9.12. The second-order valence-electron chi connectivity index (χ2n) is 4.96. The molecule has 0 aliphatic carbocycles.